The van der Waals surface area contributed by atoms with Gasteiger partial charge in [-0.15, -0.1) is 0 Å². The van der Waals surface area contributed by atoms with Gasteiger partial charge in [0.1, 0.15) is 0 Å². The maximum atomic E-state index is 5.23. The lowest BCUT2D eigenvalue weighted by molar-refractivity contribution is 0.379. The van der Waals surface area contributed by atoms with Gasteiger partial charge in [-0.05, 0) is 30.5 Å². The summed E-state index contributed by atoms with van der Waals surface area (Å²) >= 11 is 3.45. The summed E-state index contributed by atoms with van der Waals surface area (Å²) < 4.78 is 6.31. The maximum absolute atomic E-state index is 5.23. The predicted molar refractivity (Wildman–Crippen MR) is 63.2 cm³/mol. The van der Waals surface area contributed by atoms with E-state index in [2.05, 4.69) is 38.2 Å². The number of nitrogens with zero attached hydrogens (tertiary/aromatic N) is 2. The lowest BCUT2D eigenvalue weighted by atomic mass is 10.1. The lowest BCUT2D eigenvalue weighted by Crippen LogP contribution is -1.89. The Balaban J connectivity index is 1.77. The number of rotatable bonds is 3. The van der Waals surface area contributed by atoms with Crippen LogP contribution < -0.4 is 0 Å². The van der Waals surface area contributed by atoms with E-state index >= 15 is 0 Å². The first-order valence-electron chi connectivity index (χ1n) is 5.38. The molecule has 0 bridgehead atoms. The zero-order valence-corrected chi connectivity index (χ0v) is 10.3. The molecule has 0 radical (unpaired) electrons. The van der Waals surface area contributed by atoms with E-state index in [-0.39, 0.29) is 0 Å². The van der Waals surface area contributed by atoms with Crippen LogP contribution in [-0.2, 0) is 6.42 Å². The largest absolute Gasteiger partial charge is 0.339 e. The summed E-state index contributed by atoms with van der Waals surface area (Å²) in [5.41, 5.74) is 1.18. The molecule has 1 saturated carbocycles. The molecule has 0 spiro atoms. The number of halogens is 1. The molecule has 2 aromatic rings. The van der Waals surface area contributed by atoms with Gasteiger partial charge >= 0.3 is 0 Å². The van der Waals surface area contributed by atoms with Crippen molar-refractivity contribution in [2.24, 2.45) is 0 Å². The Hall–Kier alpha value is -1.16. The van der Waals surface area contributed by atoms with E-state index in [1.165, 1.54) is 18.4 Å². The molecular formula is C12H11BrN2O. The van der Waals surface area contributed by atoms with Crippen LogP contribution in [0.5, 0.6) is 0 Å². The number of aromatic nitrogens is 2. The Bertz CT molecular complexity index is 505. The summed E-state index contributed by atoms with van der Waals surface area (Å²) in [6.45, 7) is 0. The van der Waals surface area contributed by atoms with Gasteiger partial charge in [0.05, 0.1) is 6.42 Å². The van der Waals surface area contributed by atoms with E-state index in [4.69, 9.17) is 4.52 Å². The zero-order chi connectivity index (χ0) is 11.0. The van der Waals surface area contributed by atoms with Crippen molar-refractivity contribution in [3.8, 4) is 0 Å². The highest BCUT2D eigenvalue weighted by Gasteiger charge is 2.28. The first-order valence-corrected chi connectivity index (χ1v) is 6.17. The van der Waals surface area contributed by atoms with Gasteiger partial charge in [0, 0.05) is 10.4 Å². The predicted octanol–water partition coefficient (Wildman–Crippen LogP) is 3.30. The van der Waals surface area contributed by atoms with Crippen molar-refractivity contribution in [3.05, 3.63) is 46.0 Å². The molecule has 82 valence electrons. The molecule has 0 unspecified atom stereocenters. The molecule has 1 aliphatic rings. The smallest absolute Gasteiger partial charge is 0.231 e. The molecule has 4 heteroatoms. The summed E-state index contributed by atoms with van der Waals surface area (Å²) in [7, 11) is 0. The third-order valence-electron chi connectivity index (χ3n) is 2.67. The Morgan fingerprint density at radius 1 is 1.38 bits per heavy atom. The van der Waals surface area contributed by atoms with Crippen LogP contribution in [0.15, 0.2) is 33.3 Å². The fraction of sp³-hybridized carbons (Fsp3) is 0.333. The highest BCUT2D eigenvalue weighted by atomic mass is 79.9. The van der Waals surface area contributed by atoms with Crippen LogP contribution in [0.4, 0.5) is 0 Å². The van der Waals surface area contributed by atoms with Crippen LogP contribution in [0.25, 0.3) is 0 Å². The summed E-state index contributed by atoms with van der Waals surface area (Å²) in [4.78, 5) is 4.40. The Labute approximate surface area is 102 Å². The third-order valence-corrected chi connectivity index (χ3v) is 3.16. The Kier molecular flexibility index (Phi) is 2.52. The molecule has 0 aliphatic heterocycles. The first kappa shape index (κ1) is 10.0. The molecule has 1 aromatic heterocycles. The normalized spacial score (nSPS) is 15.3. The van der Waals surface area contributed by atoms with Crippen molar-refractivity contribution in [2.45, 2.75) is 25.2 Å². The van der Waals surface area contributed by atoms with Gasteiger partial charge in [0.25, 0.3) is 0 Å². The third kappa shape index (κ3) is 2.16. The van der Waals surface area contributed by atoms with Crippen LogP contribution in [0, 0.1) is 0 Å². The molecule has 0 atom stereocenters. The zero-order valence-electron chi connectivity index (χ0n) is 8.69. The maximum Gasteiger partial charge on any atom is 0.231 e. The molecule has 1 heterocycles. The minimum absolute atomic E-state index is 0.556. The number of hydrogen-bond donors (Lipinski definition) is 0. The standard InChI is InChI=1S/C12H11BrN2O/c13-10-3-1-2-8(6-10)7-11-14-12(15-16-11)9-4-5-9/h1-3,6,9H,4-5,7H2. The van der Waals surface area contributed by atoms with Gasteiger partial charge in [-0.25, -0.2) is 0 Å². The lowest BCUT2D eigenvalue weighted by Gasteiger charge is -1.96. The second kappa shape index (κ2) is 4.01. The second-order valence-electron chi connectivity index (χ2n) is 4.13. The average molecular weight is 279 g/mol. The highest BCUT2D eigenvalue weighted by Crippen LogP contribution is 2.38. The molecular weight excluding hydrogens is 268 g/mol. The number of hydrogen-bond acceptors (Lipinski definition) is 3. The monoisotopic (exact) mass is 278 g/mol. The van der Waals surface area contributed by atoms with Crippen LogP contribution in [-0.4, -0.2) is 10.1 Å². The van der Waals surface area contributed by atoms with Crippen LogP contribution in [0.2, 0.25) is 0 Å². The van der Waals surface area contributed by atoms with Crippen molar-refractivity contribution >= 4 is 15.9 Å². The van der Waals surface area contributed by atoms with E-state index in [0.29, 0.717) is 18.2 Å². The van der Waals surface area contributed by atoms with Crippen LogP contribution >= 0.6 is 15.9 Å². The van der Waals surface area contributed by atoms with E-state index < -0.39 is 0 Å². The molecule has 1 aliphatic carbocycles. The van der Waals surface area contributed by atoms with Gasteiger partial charge in [-0.3, -0.25) is 0 Å². The first-order chi connectivity index (χ1) is 7.81. The Morgan fingerprint density at radius 2 is 2.25 bits per heavy atom. The quantitative estimate of drug-likeness (QED) is 0.865. The molecule has 0 saturated heterocycles. The average Bonchev–Trinajstić information content (AvgIpc) is 3.01. The van der Waals surface area contributed by atoms with E-state index in [1.807, 2.05) is 12.1 Å². The molecule has 0 amide bonds. The summed E-state index contributed by atoms with van der Waals surface area (Å²) in [6, 6.07) is 8.15. The molecule has 16 heavy (non-hydrogen) atoms. The van der Waals surface area contributed by atoms with Crippen molar-refractivity contribution in [2.75, 3.05) is 0 Å². The van der Waals surface area contributed by atoms with Gasteiger partial charge in [0.2, 0.25) is 5.89 Å². The summed E-state index contributed by atoms with van der Waals surface area (Å²) in [5, 5.41) is 4.00. The van der Waals surface area contributed by atoms with Crippen molar-refractivity contribution in [3.63, 3.8) is 0 Å². The van der Waals surface area contributed by atoms with Crippen LogP contribution in [0.3, 0.4) is 0 Å². The molecule has 3 rings (SSSR count). The minimum atomic E-state index is 0.556. The van der Waals surface area contributed by atoms with E-state index in [0.717, 1.165) is 10.3 Å². The molecule has 3 nitrogen and oxygen atoms in total. The van der Waals surface area contributed by atoms with Gasteiger partial charge in [0.15, 0.2) is 5.82 Å². The molecule has 1 fully saturated rings. The van der Waals surface area contributed by atoms with Crippen molar-refractivity contribution in [1.29, 1.82) is 0 Å². The fourth-order valence-corrected chi connectivity index (χ4v) is 2.12. The van der Waals surface area contributed by atoms with E-state index in [1.54, 1.807) is 0 Å². The molecule has 1 aromatic carbocycles. The second-order valence-corrected chi connectivity index (χ2v) is 5.04. The number of benzene rings is 1. The molecule has 0 N–H and O–H groups in total. The van der Waals surface area contributed by atoms with Gasteiger partial charge in [-0.1, -0.05) is 33.2 Å². The van der Waals surface area contributed by atoms with Crippen molar-refractivity contribution in [1.82, 2.24) is 10.1 Å². The van der Waals surface area contributed by atoms with Crippen LogP contribution in [0.1, 0.15) is 36.0 Å². The van der Waals surface area contributed by atoms with Gasteiger partial charge < -0.3 is 4.52 Å². The van der Waals surface area contributed by atoms with Gasteiger partial charge in [-0.2, -0.15) is 4.98 Å². The Morgan fingerprint density at radius 3 is 3.00 bits per heavy atom. The topological polar surface area (TPSA) is 38.9 Å². The van der Waals surface area contributed by atoms with Crippen molar-refractivity contribution < 1.29 is 4.52 Å². The van der Waals surface area contributed by atoms with E-state index in [9.17, 15) is 0 Å². The summed E-state index contributed by atoms with van der Waals surface area (Å²) in [5.74, 6) is 2.14. The SMILES string of the molecule is Brc1cccc(Cc2nc(C3CC3)no2)c1. The fourth-order valence-electron chi connectivity index (χ4n) is 1.67. The highest BCUT2D eigenvalue weighted by molar-refractivity contribution is 9.10. The summed E-state index contributed by atoms with van der Waals surface area (Å²) in [6.07, 6.45) is 3.12. The minimum Gasteiger partial charge on any atom is -0.339 e.